The maximum Gasteiger partial charge on any atom is 0.150 e. The van der Waals surface area contributed by atoms with Crippen molar-refractivity contribution < 1.29 is 4.79 Å². The fourth-order valence-electron chi connectivity index (χ4n) is 2.49. The second-order valence-electron chi connectivity index (χ2n) is 5.60. The SMILES string of the molecule is Cc1ccc(Cc2c(Cl)cc(C=O)cc2Cl)cc1C(C)C. The third-order valence-corrected chi connectivity index (χ3v) is 4.32. The molecule has 0 saturated heterocycles. The minimum absolute atomic E-state index is 0.480. The predicted octanol–water partition coefficient (Wildman–Crippen LogP) is 5.83. The molecule has 21 heavy (non-hydrogen) atoms. The Hall–Kier alpha value is -1.31. The molecule has 3 heteroatoms. The van der Waals surface area contributed by atoms with Crippen LogP contribution in [0.5, 0.6) is 0 Å². The van der Waals surface area contributed by atoms with Crippen LogP contribution in [-0.4, -0.2) is 6.29 Å². The smallest absolute Gasteiger partial charge is 0.150 e. The second-order valence-corrected chi connectivity index (χ2v) is 6.42. The molecular formula is C18H18Cl2O. The highest BCUT2D eigenvalue weighted by atomic mass is 35.5. The molecule has 110 valence electrons. The van der Waals surface area contributed by atoms with E-state index in [2.05, 4.69) is 39.0 Å². The number of hydrogen-bond acceptors (Lipinski definition) is 1. The molecule has 0 radical (unpaired) electrons. The van der Waals surface area contributed by atoms with E-state index >= 15 is 0 Å². The molecule has 0 N–H and O–H groups in total. The van der Waals surface area contributed by atoms with Gasteiger partial charge in [0.2, 0.25) is 0 Å². The first-order chi connectivity index (χ1) is 9.92. The molecule has 0 aliphatic heterocycles. The summed E-state index contributed by atoms with van der Waals surface area (Å²) < 4.78 is 0. The number of benzene rings is 2. The Morgan fingerprint density at radius 1 is 1.10 bits per heavy atom. The lowest BCUT2D eigenvalue weighted by Gasteiger charge is -2.13. The molecule has 0 spiro atoms. The van der Waals surface area contributed by atoms with Gasteiger partial charge in [-0.1, -0.05) is 55.2 Å². The molecule has 2 aromatic rings. The first-order valence-electron chi connectivity index (χ1n) is 6.95. The summed E-state index contributed by atoms with van der Waals surface area (Å²) in [4.78, 5) is 10.8. The van der Waals surface area contributed by atoms with Crippen LogP contribution in [0.15, 0.2) is 30.3 Å². The van der Waals surface area contributed by atoms with Crippen molar-refractivity contribution in [2.75, 3.05) is 0 Å². The van der Waals surface area contributed by atoms with E-state index in [0.29, 0.717) is 27.9 Å². The highest BCUT2D eigenvalue weighted by molar-refractivity contribution is 6.36. The van der Waals surface area contributed by atoms with Crippen LogP contribution in [0.2, 0.25) is 10.0 Å². The average molecular weight is 321 g/mol. The number of rotatable bonds is 4. The standard InChI is InChI=1S/C18H18Cl2O/c1-11(2)15-6-13(5-4-12(15)3)7-16-17(19)8-14(10-21)9-18(16)20/h4-6,8-11H,7H2,1-3H3. The maximum atomic E-state index is 10.8. The van der Waals surface area contributed by atoms with Crippen molar-refractivity contribution in [3.8, 4) is 0 Å². The third-order valence-electron chi connectivity index (χ3n) is 3.65. The van der Waals surface area contributed by atoms with Gasteiger partial charge in [-0.3, -0.25) is 4.79 Å². The van der Waals surface area contributed by atoms with Gasteiger partial charge in [0.15, 0.2) is 0 Å². The average Bonchev–Trinajstić information content (AvgIpc) is 2.43. The van der Waals surface area contributed by atoms with Gasteiger partial charge in [0.25, 0.3) is 0 Å². The van der Waals surface area contributed by atoms with Crippen LogP contribution in [0.1, 0.15) is 52.4 Å². The van der Waals surface area contributed by atoms with E-state index in [0.717, 1.165) is 11.8 Å². The minimum Gasteiger partial charge on any atom is -0.298 e. The predicted molar refractivity (Wildman–Crippen MR) is 89.9 cm³/mol. The quantitative estimate of drug-likeness (QED) is 0.648. The van der Waals surface area contributed by atoms with Gasteiger partial charge in [0.05, 0.1) is 0 Å². The number of halogens is 2. The molecule has 2 aromatic carbocycles. The lowest BCUT2D eigenvalue weighted by molar-refractivity contribution is 0.112. The van der Waals surface area contributed by atoms with Gasteiger partial charge in [-0.15, -0.1) is 0 Å². The maximum absolute atomic E-state index is 10.8. The Morgan fingerprint density at radius 2 is 1.71 bits per heavy atom. The molecule has 0 heterocycles. The van der Waals surface area contributed by atoms with Gasteiger partial charge in [-0.2, -0.15) is 0 Å². The molecular weight excluding hydrogens is 303 g/mol. The normalized spacial score (nSPS) is 11.0. The molecule has 0 bridgehead atoms. The third kappa shape index (κ3) is 3.66. The number of carbonyl (C=O) groups excluding carboxylic acids is 1. The van der Waals surface area contributed by atoms with Crippen LogP contribution >= 0.6 is 23.2 Å². The zero-order valence-corrected chi connectivity index (χ0v) is 13.9. The van der Waals surface area contributed by atoms with E-state index in [9.17, 15) is 4.79 Å². The Morgan fingerprint density at radius 3 is 2.24 bits per heavy atom. The van der Waals surface area contributed by atoms with Crippen molar-refractivity contribution in [1.29, 1.82) is 0 Å². The van der Waals surface area contributed by atoms with Gasteiger partial charge in [-0.05, 0) is 47.2 Å². The van der Waals surface area contributed by atoms with E-state index < -0.39 is 0 Å². The Labute approximate surface area is 135 Å². The summed E-state index contributed by atoms with van der Waals surface area (Å²) in [6.45, 7) is 6.49. The van der Waals surface area contributed by atoms with Gasteiger partial charge >= 0.3 is 0 Å². The largest absolute Gasteiger partial charge is 0.298 e. The highest BCUT2D eigenvalue weighted by Gasteiger charge is 2.11. The molecule has 0 atom stereocenters. The first-order valence-corrected chi connectivity index (χ1v) is 7.70. The van der Waals surface area contributed by atoms with Crippen LogP contribution in [0.25, 0.3) is 0 Å². The number of aldehydes is 1. The van der Waals surface area contributed by atoms with E-state index in [-0.39, 0.29) is 0 Å². The Balaban J connectivity index is 2.39. The number of hydrogen-bond donors (Lipinski definition) is 0. The summed E-state index contributed by atoms with van der Waals surface area (Å²) >= 11 is 12.5. The summed E-state index contributed by atoms with van der Waals surface area (Å²) in [5, 5.41) is 1.08. The van der Waals surface area contributed by atoms with Gasteiger partial charge in [0, 0.05) is 22.0 Å². The van der Waals surface area contributed by atoms with Crippen molar-refractivity contribution >= 4 is 29.5 Å². The molecule has 0 aliphatic carbocycles. The van der Waals surface area contributed by atoms with E-state index in [4.69, 9.17) is 23.2 Å². The van der Waals surface area contributed by atoms with Crippen LogP contribution in [0.4, 0.5) is 0 Å². The second kappa shape index (κ2) is 6.64. The van der Waals surface area contributed by atoms with Crippen LogP contribution in [-0.2, 0) is 6.42 Å². The monoisotopic (exact) mass is 320 g/mol. The fraction of sp³-hybridized carbons (Fsp3) is 0.278. The zero-order valence-electron chi connectivity index (χ0n) is 12.4. The summed E-state index contributed by atoms with van der Waals surface area (Å²) in [5.41, 5.74) is 5.17. The summed E-state index contributed by atoms with van der Waals surface area (Å²) in [6, 6.07) is 9.76. The molecule has 2 rings (SSSR count). The number of aryl methyl sites for hydroxylation is 1. The van der Waals surface area contributed by atoms with E-state index in [1.807, 2.05) is 0 Å². The topological polar surface area (TPSA) is 17.1 Å². The van der Waals surface area contributed by atoms with Gasteiger partial charge in [-0.25, -0.2) is 0 Å². The highest BCUT2D eigenvalue weighted by Crippen LogP contribution is 2.30. The molecule has 0 unspecified atom stereocenters. The fourth-order valence-corrected chi connectivity index (χ4v) is 3.12. The molecule has 0 aliphatic rings. The van der Waals surface area contributed by atoms with Crippen molar-refractivity contribution in [2.24, 2.45) is 0 Å². The lowest BCUT2D eigenvalue weighted by atomic mass is 9.93. The molecule has 0 aromatic heterocycles. The molecule has 0 amide bonds. The summed E-state index contributed by atoms with van der Waals surface area (Å²) in [5.74, 6) is 0.480. The minimum atomic E-state index is 0.480. The molecule has 0 saturated carbocycles. The Kier molecular flexibility index (Phi) is 5.08. The van der Waals surface area contributed by atoms with Crippen LogP contribution < -0.4 is 0 Å². The summed E-state index contributed by atoms with van der Waals surface area (Å²) in [6.07, 6.45) is 1.42. The number of carbonyl (C=O) groups is 1. The van der Waals surface area contributed by atoms with Gasteiger partial charge < -0.3 is 0 Å². The van der Waals surface area contributed by atoms with Crippen LogP contribution in [0.3, 0.4) is 0 Å². The lowest BCUT2D eigenvalue weighted by Crippen LogP contribution is -1.97. The van der Waals surface area contributed by atoms with Crippen molar-refractivity contribution in [3.63, 3.8) is 0 Å². The Bertz CT molecular complexity index is 652. The van der Waals surface area contributed by atoms with E-state index in [1.165, 1.54) is 16.7 Å². The van der Waals surface area contributed by atoms with Crippen molar-refractivity contribution in [3.05, 3.63) is 68.2 Å². The van der Waals surface area contributed by atoms with E-state index in [1.54, 1.807) is 12.1 Å². The zero-order chi connectivity index (χ0) is 15.6. The molecule has 1 nitrogen and oxygen atoms in total. The molecule has 0 fully saturated rings. The van der Waals surface area contributed by atoms with Crippen molar-refractivity contribution in [2.45, 2.75) is 33.1 Å². The van der Waals surface area contributed by atoms with Crippen LogP contribution in [0, 0.1) is 6.92 Å². The first kappa shape index (κ1) is 16.1. The van der Waals surface area contributed by atoms with Gasteiger partial charge in [0.1, 0.15) is 6.29 Å². The van der Waals surface area contributed by atoms with Crippen molar-refractivity contribution in [1.82, 2.24) is 0 Å². The summed E-state index contributed by atoms with van der Waals surface area (Å²) in [7, 11) is 0.